The number of nitrogens with zero attached hydrogens (tertiary/aromatic N) is 3. The second-order valence-corrected chi connectivity index (χ2v) is 6.73. The minimum atomic E-state index is -1.03. The van der Waals surface area contributed by atoms with Crippen molar-refractivity contribution in [3.63, 3.8) is 0 Å². The van der Waals surface area contributed by atoms with Crippen molar-refractivity contribution >= 4 is 28.8 Å². The maximum absolute atomic E-state index is 13.4. The number of hydrogen-bond acceptors (Lipinski definition) is 6. The number of nitro benzene ring substituents is 1. The zero-order valence-electron chi connectivity index (χ0n) is 15.8. The molecule has 0 saturated carbocycles. The highest BCUT2D eigenvalue weighted by atomic mass is 19.1. The summed E-state index contributed by atoms with van der Waals surface area (Å²) in [6.07, 6.45) is 2.93. The molecule has 1 N–H and O–H groups in total. The average Bonchev–Trinajstić information content (AvgIpc) is 3.05. The number of aliphatic hydroxyl groups is 1. The van der Waals surface area contributed by atoms with Crippen molar-refractivity contribution in [2.75, 3.05) is 4.90 Å². The first kappa shape index (κ1) is 19.9. The number of hydrogen-bond donors (Lipinski definition) is 1. The lowest BCUT2D eigenvalue weighted by atomic mass is 9.95. The number of anilines is 1. The van der Waals surface area contributed by atoms with Gasteiger partial charge in [-0.15, -0.1) is 0 Å². The van der Waals surface area contributed by atoms with E-state index in [1.54, 1.807) is 12.1 Å². The number of rotatable bonds is 4. The van der Waals surface area contributed by atoms with E-state index in [9.17, 15) is 29.2 Å². The molecule has 3 aromatic rings. The molecule has 0 bridgehead atoms. The fraction of sp³-hybridized carbons (Fsp3) is 0.0455. The molecule has 1 fully saturated rings. The Morgan fingerprint density at radius 3 is 2.39 bits per heavy atom. The highest BCUT2D eigenvalue weighted by Gasteiger charge is 2.47. The van der Waals surface area contributed by atoms with E-state index in [0.717, 1.165) is 23.1 Å². The van der Waals surface area contributed by atoms with Gasteiger partial charge in [0.25, 0.3) is 17.4 Å². The largest absolute Gasteiger partial charge is 0.507 e. The Balaban J connectivity index is 1.93. The van der Waals surface area contributed by atoms with Crippen LogP contribution >= 0.6 is 0 Å². The molecule has 1 aliphatic rings. The minimum absolute atomic E-state index is 0.0189. The monoisotopic (exact) mass is 419 g/mol. The summed E-state index contributed by atoms with van der Waals surface area (Å²) in [5, 5.41) is 22.0. The molecule has 0 radical (unpaired) electrons. The Kier molecular flexibility index (Phi) is 5.00. The SMILES string of the molecule is O=C1C(=O)N(c2ccc(F)cc2)C(c2ccncc2)/C1=C(/O)c1cccc([N+](=O)[O-])c1. The zero-order valence-corrected chi connectivity index (χ0v) is 15.8. The number of amides is 1. The van der Waals surface area contributed by atoms with E-state index in [2.05, 4.69) is 4.98 Å². The fourth-order valence-corrected chi connectivity index (χ4v) is 3.48. The maximum Gasteiger partial charge on any atom is 0.300 e. The molecule has 1 aromatic heterocycles. The molecule has 31 heavy (non-hydrogen) atoms. The van der Waals surface area contributed by atoms with Gasteiger partial charge in [-0.25, -0.2) is 4.39 Å². The van der Waals surface area contributed by atoms with Crippen molar-refractivity contribution in [3.8, 4) is 0 Å². The first-order valence-electron chi connectivity index (χ1n) is 9.10. The standard InChI is InChI=1S/C22H14FN3O5/c23-15-4-6-16(7-5-15)25-19(13-8-10-24-11-9-13)18(21(28)22(25)29)20(27)14-2-1-3-17(12-14)26(30)31/h1-12,19,27H/b20-18-. The van der Waals surface area contributed by atoms with Crippen LogP contribution in [0.25, 0.3) is 5.76 Å². The minimum Gasteiger partial charge on any atom is -0.507 e. The molecule has 1 unspecified atom stereocenters. The number of ketones is 1. The van der Waals surface area contributed by atoms with Crippen molar-refractivity contribution in [2.45, 2.75) is 6.04 Å². The summed E-state index contributed by atoms with van der Waals surface area (Å²) in [6, 6.07) is 12.2. The van der Waals surface area contributed by atoms with E-state index in [0.29, 0.717) is 5.56 Å². The van der Waals surface area contributed by atoms with Gasteiger partial charge in [0.05, 0.1) is 16.5 Å². The predicted octanol–water partition coefficient (Wildman–Crippen LogP) is 3.76. The lowest BCUT2D eigenvalue weighted by Gasteiger charge is -2.25. The van der Waals surface area contributed by atoms with Gasteiger partial charge in [0.15, 0.2) is 0 Å². The highest BCUT2D eigenvalue weighted by Crippen LogP contribution is 2.42. The quantitative estimate of drug-likeness (QED) is 0.226. The second kappa shape index (κ2) is 7.79. The third kappa shape index (κ3) is 3.52. The molecule has 1 saturated heterocycles. The van der Waals surface area contributed by atoms with Crippen LogP contribution in [0.15, 0.2) is 78.6 Å². The summed E-state index contributed by atoms with van der Waals surface area (Å²) < 4.78 is 13.4. The summed E-state index contributed by atoms with van der Waals surface area (Å²) in [5.41, 5.74) is 0.234. The number of Topliss-reactive ketones (excluding diaryl/α,β-unsaturated/α-hetero) is 1. The maximum atomic E-state index is 13.4. The molecular formula is C22H14FN3O5. The van der Waals surface area contributed by atoms with Gasteiger partial charge in [0.2, 0.25) is 0 Å². The smallest absolute Gasteiger partial charge is 0.300 e. The summed E-state index contributed by atoms with van der Waals surface area (Å²) in [7, 11) is 0. The molecule has 2 aromatic carbocycles. The van der Waals surface area contributed by atoms with E-state index in [1.165, 1.54) is 42.7 Å². The predicted molar refractivity (Wildman–Crippen MR) is 109 cm³/mol. The molecule has 0 spiro atoms. The van der Waals surface area contributed by atoms with Gasteiger partial charge in [-0.1, -0.05) is 12.1 Å². The van der Waals surface area contributed by atoms with Gasteiger partial charge < -0.3 is 5.11 Å². The average molecular weight is 419 g/mol. The molecular weight excluding hydrogens is 405 g/mol. The van der Waals surface area contributed by atoms with Crippen LogP contribution in [0.4, 0.5) is 15.8 Å². The van der Waals surface area contributed by atoms with Gasteiger partial charge in [-0.05, 0) is 42.0 Å². The first-order chi connectivity index (χ1) is 14.9. The number of carbonyl (C=O) groups excluding carboxylic acids is 2. The second-order valence-electron chi connectivity index (χ2n) is 6.73. The number of benzene rings is 2. The number of carbonyl (C=O) groups is 2. The molecule has 2 heterocycles. The third-order valence-corrected chi connectivity index (χ3v) is 4.90. The van der Waals surface area contributed by atoms with Crippen molar-refractivity contribution in [2.24, 2.45) is 0 Å². The van der Waals surface area contributed by atoms with Gasteiger partial charge in [0, 0.05) is 35.8 Å². The lowest BCUT2D eigenvalue weighted by Crippen LogP contribution is -2.29. The molecule has 1 amide bonds. The van der Waals surface area contributed by atoms with Crippen LogP contribution in [0, 0.1) is 15.9 Å². The topological polar surface area (TPSA) is 114 Å². The Morgan fingerprint density at radius 2 is 1.74 bits per heavy atom. The van der Waals surface area contributed by atoms with Crippen molar-refractivity contribution < 1.29 is 24.0 Å². The van der Waals surface area contributed by atoms with E-state index in [-0.39, 0.29) is 22.5 Å². The number of pyridine rings is 1. The first-order valence-corrected chi connectivity index (χ1v) is 9.10. The van der Waals surface area contributed by atoms with Crippen molar-refractivity contribution in [1.82, 2.24) is 4.98 Å². The van der Waals surface area contributed by atoms with Gasteiger partial charge in [0.1, 0.15) is 11.6 Å². The van der Waals surface area contributed by atoms with Crippen LogP contribution in [0.1, 0.15) is 17.2 Å². The van der Waals surface area contributed by atoms with Crippen LogP contribution < -0.4 is 4.90 Å². The summed E-state index contributed by atoms with van der Waals surface area (Å²) >= 11 is 0. The van der Waals surface area contributed by atoms with Crippen LogP contribution in [0.3, 0.4) is 0 Å². The van der Waals surface area contributed by atoms with Gasteiger partial charge >= 0.3 is 0 Å². The molecule has 9 heteroatoms. The van der Waals surface area contributed by atoms with E-state index in [4.69, 9.17) is 0 Å². The summed E-state index contributed by atoms with van der Waals surface area (Å²) in [4.78, 5) is 41.4. The fourth-order valence-electron chi connectivity index (χ4n) is 3.48. The van der Waals surface area contributed by atoms with Crippen LogP contribution in [0.5, 0.6) is 0 Å². The lowest BCUT2D eigenvalue weighted by molar-refractivity contribution is -0.384. The van der Waals surface area contributed by atoms with Gasteiger partial charge in [-0.3, -0.25) is 29.6 Å². The Bertz CT molecular complexity index is 1230. The van der Waals surface area contributed by atoms with Crippen molar-refractivity contribution in [3.05, 3.63) is 106 Å². The molecule has 1 atom stereocenters. The summed E-state index contributed by atoms with van der Waals surface area (Å²) in [5.74, 6) is -2.94. The number of non-ortho nitro benzene ring substituents is 1. The zero-order chi connectivity index (χ0) is 22.1. The van der Waals surface area contributed by atoms with Crippen LogP contribution in [0.2, 0.25) is 0 Å². The van der Waals surface area contributed by atoms with Crippen LogP contribution in [-0.2, 0) is 9.59 Å². The van der Waals surface area contributed by atoms with E-state index < -0.39 is 34.2 Å². The molecule has 4 rings (SSSR count). The van der Waals surface area contributed by atoms with E-state index in [1.807, 2.05) is 0 Å². The molecule has 8 nitrogen and oxygen atoms in total. The Morgan fingerprint density at radius 1 is 1.06 bits per heavy atom. The third-order valence-electron chi connectivity index (χ3n) is 4.90. The molecule has 0 aliphatic carbocycles. The van der Waals surface area contributed by atoms with Gasteiger partial charge in [-0.2, -0.15) is 0 Å². The number of aromatic nitrogens is 1. The Hall–Kier alpha value is -4.40. The number of aliphatic hydroxyl groups excluding tert-OH is 1. The van der Waals surface area contributed by atoms with Crippen LogP contribution in [-0.4, -0.2) is 26.7 Å². The Labute approximate surface area is 175 Å². The molecule has 1 aliphatic heterocycles. The number of nitro groups is 1. The van der Waals surface area contributed by atoms with E-state index >= 15 is 0 Å². The number of halogens is 1. The highest BCUT2D eigenvalue weighted by molar-refractivity contribution is 6.51. The summed E-state index contributed by atoms with van der Waals surface area (Å²) in [6.45, 7) is 0. The van der Waals surface area contributed by atoms with Crippen molar-refractivity contribution in [1.29, 1.82) is 0 Å². The normalized spacial score (nSPS) is 17.7. The molecule has 154 valence electrons.